The Balaban J connectivity index is 3.12. The highest BCUT2D eigenvalue weighted by Gasteiger charge is 2.49. The van der Waals surface area contributed by atoms with Gasteiger partial charge in [0.2, 0.25) is 0 Å². The van der Waals surface area contributed by atoms with E-state index >= 15 is 0 Å². The maximum Gasteiger partial charge on any atom is 0.160 e. The van der Waals surface area contributed by atoms with Gasteiger partial charge in [-0.2, -0.15) is 0 Å². The highest BCUT2D eigenvalue weighted by Crippen LogP contribution is 2.43. The van der Waals surface area contributed by atoms with Crippen molar-refractivity contribution < 1.29 is 13.5 Å². The first-order valence-corrected chi connectivity index (χ1v) is 6.80. The van der Waals surface area contributed by atoms with Crippen molar-refractivity contribution in [3.63, 3.8) is 0 Å². The number of sulfone groups is 1. The average molecular weight is 233 g/mol. The molecule has 0 aromatic carbocycles. The van der Waals surface area contributed by atoms with Crippen LogP contribution in [-0.2, 0) is 9.84 Å². The van der Waals surface area contributed by atoms with Crippen molar-refractivity contribution in [1.82, 2.24) is 0 Å². The van der Waals surface area contributed by atoms with E-state index in [1.807, 2.05) is 0 Å². The normalized spacial score (nSPS) is 32.2. The molecule has 3 N–H and O–H groups in total. The number of aliphatic hydroxyl groups is 1. The van der Waals surface area contributed by atoms with Crippen molar-refractivity contribution in [3.8, 4) is 0 Å². The number of nitrogens with two attached hydrogens (primary N) is 1. The Morgan fingerprint density at radius 1 is 1.67 bits per heavy atom. The third-order valence-corrected chi connectivity index (χ3v) is 5.93. The molecule has 15 heavy (non-hydrogen) atoms. The van der Waals surface area contributed by atoms with Crippen molar-refractivity contribution in [2.45, 2.75) is 24.5 Å². The summed E-state index contributed by atoms with van der Waals surface area (Å²) in [5.41, 5.74) is 6.27. The fraction of sp³-hybridized carbons (Fsp3) is 0.800. The molecule has 0 aromatic heterocycles. The van der Waals surface area contributed by atoms with E-state index in [1.54, 1.807) is 6.92 Å². The Bertz CT molecular complexity index is 350. The van der Waals surface area contributed by atoms with E-state index in [4.69, 9.17) is 10.8 Å². The maximum atomic E-state index is 12.0. The van der Waals surface area contributed by atoms with Crippen LogP contribution in [0.2, 0.25) is 0 Å². The van der Waals surface area contributed by atoms with E-state index in [9.17, 15) is 8.42 Å². The summed E-state index contributed by atoms with van der Waals surface area (Å²) in [7, 11) is -3.24. The molecular weight excluding hydrogens is 214 g/mol. The first-order chi connectivity index (χ1) is 6.93. The second kappa shape index (κ2) is 4.23. The van der Waals surface area contributed by atoms with Crippen LogP contribution in [0, 0.1) is 5.92 Å². The second-order valence-electron chi connectivity index (χ2n) is 4.16. The molecule has 4 nitrogen and oxygen atoms in total. The molecule has 88 valence electrons. The van der Waals surface area contributed by atoms with Gasteiger partial charge in [-0.05, 0) is 18.8 Å². The number of hydrogen-bond donors (Lipinski definition) is 2. The van der Waals surface area contributed by atoms with Crippen LogP contribution in [0.3, 0.4) is 0 Å². The number of aliphatic hydroxyl groups excluding tert-OH is 1. The van der Waals surface area contributed by atoms with E-state index in [1.165, 1.54) is 0 Å². The third kappa shape index (κ3) is 1.84. The lowest BCUT2D eigenvalue weighted by atomic mass is 10.0. The van der Waals surface area contributed by atoms with E-state index in [2.05, 4.69) is 6.58 Å². The van der Waals surface area contributed by atoms with Crippen molar-refractivity contribution in [1.29, 1.82) is 0 Å². The van der Waals surface area contributed by atoms with Gasteiger partial charge in [-0.1, -0.05) is 19.1 Å². The molecule has 0 heterocycles. The summed E-state index contributed by atoms with van der Waals surface area (Å²) in [4.78, 5) is 0. The van der Waals surface area contributed by atoms with Gasteiger partial charge in [0, 0.05) is 18.9 Å². The zero-order chi connectivity index (χ0) is 11.7. The molecule has 1 aliphatic carbocycles. The molecular formula is C10H19NO3S. The molecule has 2 atom stereocenters. The van der Waals surface area contributed by atoms with Gasteiger partial charge >= 0.3 is 0 Å². The van der Waals surface area contributed by atoms with Gasteiger partial charge in [-0.25, -0.2) is 8.42 Å². The first-order valence-electron chi connectivity index (χ1n) is 5.15. The minimum absolute atomic E-state index is 0.00000425. The van der Waals surface area contributed by atoms with Crippen LogP contribution >= 0.6 is 0 Å². The lowest BCUT2D eigenvalue weighted by Crippen LogP contribution is -2.45. The fourth-order valence-electron chi connectivity index (χ4n) is 2.32. The Kier molecular flexibility index (Phi) is 3.58. The summed E-state index contributed by atoms with van der Waals surface area (Å²) in [6, 6.07) is 0. The second-order valence-corrected chi connectivity index (χ2v) is 6.75. The topological polar surface area (TPSA) is 80.4 Å². The largest absolute Gasteiger partial charge is 0.396 e. The van der Waals surface area contributed by atoms with Crippen LogP contribution < -0.4 is 5.73 Å². The summed E-state index contributed by atoms with van der Waals surface area (Å²) in [5, 5.41) is 9.07. The molecule has 1 rings (SSSR count). The molecule has 5 heteroatoms. The predicted octanol–water partition coefficient (Wildman–Crippen LogP) is 0.0771. The minimum atomic E-state index is -3.24. The van der Waals surface area contributed by atoms with Gasteiger partial charge in [-0.15, -0.1) is 0 Å². The van der Waals surface area contributed by atoms with Crippen molar-refractivity contribution in [3.05, 3.63) is 12.2 Å². The van der Waals surface area contributed by atoms with E-state index in [-0.39, 0.29) is 24.8 Å². The van der Waals surface area contributed by atoms with Gasteiger partial charge in [0.15, 0.2) is 9.84 Å². The van der Waals surface area contributed by atoms with Gasteiger partial charge in [0.05, 0.1) is 0 Å². The summed E-state index contributed by atoms with van der Waals surface area (Å²) >= 11 is 0. The van der Waals surface area contributed by atoms with Crippen LogP contribution in [0.4, 0.5) is 0 Å². The number of rotatable bonds is 4. The van der Waals surface area contributed by atoms with Gasteiger partial charge < -0.3 is 10.8 Å². The van der Waals surface area contributed by atoms with Crippen molar-refractivity contribution >= 4 is 9.84 Å². The standard InChI is InChI=1S/C10H19NO3S/c1-3-15(13,14)10(7-11)5-9(6-12)4-8(10)2/h9,12H,2-7,11H2,1H3. The molecule has 1 fully saturated rings. The monoisotopic (exact) mass is 233 g/mol. The van der Waals surface area contributed by atoms with Gasteiger partial charge in [0.1, 0.15) is 4.75 Å². The quantitative estimate of drug-likeness (QED) is 0.674. The van der Waals surface area contributed by atoms with Crippen LogP contribution in [0.5, 0.6) is 0 Å². The number of hydrogen-bond acceptors (Lipinski definition) is 4. The molecule has 0 aromatic rings. The lowest BCUT2D eigenvalue weighted by Gasteiger charge is -2.28. The fourth-order valence-corrected chi connectivity index (χ4v) is 4.14. The average Bonchev–Trinajstić information content (AvgIpc) is 2.56. The van der Waals surface area contributed by atoms with Gasteiger partial charge in [-0.3, -0.25) is 0 Å². The highest BCUT2D eigenvalue weighted by molar-refractivity contribution is 7.93. The molecule has 1 aliphatic rings. The molecule has 0 radical (unpaired) electrons. The van der Waals surface area contributed by atoms with Gasteiger partial charge in [0.25, 0.3) is 0 Å². The maximum absolute atomic E-state index is 12.0. The smallest absolute Gasteiger partial charge is 0.160 e. The lowest BCUT2D eigenvalue weighted by molar-refractivity contribution is 0.228. The third-order valence-electron chi connectivity index (χ3n) is 3.36. The van der Waals surface area contributed by atoms with E-state index in [0.29, 0.717) is 18.4 Å². The van der Waals surface area contributed by atoms with Crippen LogP contribution in [0.1, 0.15) is 19.8 Å². The highest BCUT2D eigenvalue weighted by atomic mass is 32.2. The van der Waals surface area contributed by atoms with Crippen LogP contribution in [0.25, 0.3) is 0 Å². The Morgan fingerprint density at radius 2 is 2.27 bits per heavy atom. The SMILES string of the molecule is C=C1CC(CO)CC1(CN)S(=O)(=O)CC. The molecule has 0 aliphatic heterocycles. The molecule has 0 bridgehead atoms. The zero-order valence-electron chi connectivity index (χ0n) is 9.07. The molecule has 2 unspecified atom stereocenters. The summed E-state index contributed by atoms with van der Waals surface area (Å²) in [6.45, 7) is 5.51. The zero-order valence-corrected chi connectivity index (χ0v) is 9.89. The molecule has 0 amide bonds. The molecule has 0 saturated heterocycles. The summed E-state index contributed by atoms with van der Waals surface area (Å²) in [5.74, 6) is 0.0591. The van der Waals surface area contributed by atoms with Crippen molar-refractivity contribution in [2.24, 2.45) is 11.7 Å². The Labute approximate surface area is 91.1 Å². The van der Waals surface area contributed by atoms with E-state index < -0.39 is 14.6 Å². The van der Waals surface area contributed by atoms with Crippen LogP contribution in [0.15, 0.2) is 12.2 Å². The Morgan fingerprint density at radius 3 is 2.60 bits per heavy atom. The summed E-state index contributed by atoms with van der Waals surface area (Å²) < 4.78 is 23.0. The predicted molar refractivity (Wildman–Crippen MR) is 60.2 cm³/mol. The Hall–Kier alpha value is -0.390. The minimum Gasteiger partial charge on any atom is -0.396 e. The van der Waals surface area contributed by atoms with Crippen LogP contribution in [-0.4, -0.2) is 37.2 Å². The summed E-state index contributed by atoms with van der Waals surface area (Å²) in [6.07, 6.45) is 0.974. The van der Waals surface area contributed by atoms with Crippen molar-refractivity contribution in [2.75, 3.05) is 18.9 Å². The van der Waals surface area contributed by atoms with E-state index in [0.717, 1.165) is 0 Å². The molecule has 1 saturated carbocycles. The molecule has 0 spiro atoms. The first kappa shape index (κ1) is 12.7.